The first-order valence-corrected chi connectivity index (χ1v) is 10.6. The highest BCUT2D eigenvalue weighted by molar-refractivity contribution is 7.92. The Morgan fingerprint density at radius 1 is 0.967 bits per heavy atom. The Balaban J connectivity index is 2.43. The maximum atomic E-state index is 12.9. The second-order valence-corrected chi connectivity index (χ2v) is 8.16. The van der Waals surface area contributed by atoms with Crippen molar-refractivity contribution in [2.75, 3.05) is 30.1 Å². The fraction of sp³-hybridized carbons (Fsp3) is 0.250. The van der Waals surface area contributed by atoms with E-state index >= 15 is 0 Å². The summed E-state index contributed by atoms with van der Waals surface area (Å²) in [6, 6.07) is 10.9. The zero-order chi connectivity index (χ0) is 22.5. The van der Waals surface area contributed by atoms with Crippen molar-refractivity contribution in [3.05, 3.63) is 59.7 Å². The van der Waals surface area contributed by atoms with Gasteiger partial charge in [-0.05, 0) is 37.3 Å². The zero-order valence-corrected chi connectivity index (χ0v) is 17.7. The summed E-state index contributed by atoms with van der Waals surface area (Å²) in [5, 5.41) is 2.51. The predicted molar refractivity (Wildman–Crippen MR) is 111 cm³/mol. The summed E-state index contributed by atoms with van der Waals surface area (Å²) in [5.74, 6) is -2.12. The van der Waals surface area contributed by atoms with Gasteiger partial charge in [0.15, 0.2) is 0 Å². The summed E-state index contributed by atoms with van der Waals surface area (Å²) in [5.41, 5.74) is 0.384. The van der Waals surface area contributed by atoms with Crippen molar-refractivity contribution >= 4 is 39.2 Å². The highest BCUT2D eigenvalue weighted by atomic mass is 32.2. The van der Waals surface area contributed by atoms with Crippen LogP contribution in [0.4, 0.5) is 11.4 Å². The molecule has 2 rings (SSSR count). The van der Waals surface area contributed by atoms with Gasteiger partial charge in [0, 0.05) is 0 Å². The predicted octanol–water partition coefficient (Wildman–Crippen LogP) is 2.05. The number of carbonyl (C=O) groups excluding carboxylic acids is 3. The van der Waals surface area contributed by atoms with E-state index in [-0.39, 0.29) is 16.8 Å². The average Bonchev–Trinajstić information content (AvgIpc) is 2.72. The Morgan fingerprint density at radius 2 is 1.57 bits per heavy atom. The Hall–Kier alpha value is -3.40. The first-order valence-electron chi connectivity index (χ1n) is 8.76. The molecule has 0 spiro atoms. The van der Waals surface area contributed by atoms with E-state index in [0.717, 1.165) is 10.6 Å². The molecule has 0 aliphatic rings. The molecule has 0 saturated carbocycles. The number of hydrogen-bond acceptors (Lipinski definition) is 7. The minimum Gasteiger partial charge on any atom is -0.465 e. The molecule has 0 fully saturated rings. The monoisotopic (exact) mass is 434 g/mol. The molecule has 0 aromatic heterocycles. The molecule has 0 heterocycles. The number of esters is 2. The lowest BCUT2D eigenvalue weighted by Gasteiger charge is -2.28. The van der Waals surface area contributed by atoms with Gasteiger partial charge < -0.3 is 14.8 Å². The van der Waals surface area contributed by atoms with E-state index in [4.69, 9.17) is 4.74 Å². The first kappa shape index (κ1) is 22.9. The third-order valence-corrected chi connectivity index (χ3v) is 5.44. The van der Waals surface area contributed by atoms with E-state index in [9.17, 15) is 22.8 Å². The van der Waals surface area contributed by atoms with Gasteiger partial charge in [-0.15, -0.1) is 0 Å². The molecule has 0 aliphatic heterocycles. The summed E-state index contributed by atoms with van der Waals surface area (Å²) in [4.78, 5) is 36.8. The number of amides is 1. The molecule has 0 saturated heterocycles. The fourth-order valence-corrected chi connectivity index (χ4v) is 3.98. The van der Waals surface area contributed by atoms with Crippen LogP contribution in [0.15, 0.2) is 48.5 Å². The van der Waals surface area contributed by atoms with Crippen LogP contribution in [0.25, 0.3) is 0 Å². The number of anilines is 2. The summed E-state index contributed by atoms with van der Waals surface area (Å²) in [6.45, 7) is 1.41. The van der Waals surface area contributed by atoms with Crippen LogP contribution in [-0.2, 0) is 24.3 Å². The van der Waals surface area contributed by atoms with Gasteiger partial charge in [-0.2, -0.15) is 0 Å². The molecule has 30 heavy (non-hydrogen) atoms. The van der Waals surface area contributed by atoms with E-state index in [0.29, 0.717) is 5.69 Å². The van der Waals surface area contributed by atoms with Crippen LogP contribution >= 0.6 is 0 Å². The standard InChI is InChI=1S/C20H22N2O7S/c1-13(22(30(4,26)27)15-8-6-5-7-9-15)18(23)21-17-12-14(19(24)28-2)10-11-16(17)20(25)29-3/h5-13H,1-4H3,(H,21,23)/t13-/m0/s1. The second kappa shape index (κ2) is 9.40. The van der Waals surface area contributed by atoms with Crippen molar-refractivity contribution in [3.63, 3.8) is 0 Å². The van der Waals surface area contributed by atoms with Crippen LogP contribution in [-0.4, -0.2) is 52.8 Å². The lowest BCUT2D eigenvalue weighted by molar-refractivity contribution is -0.116. The molecule has 0 unspecified atom stereocenters. The number of rotatable bonds is 7. The smallest absolute Gasteiger partial charge is 0.339 e. The van der Waals surface area contributed by atoms with E-state index in [1.807, 2.05) is 0 Å². The van der Waals surface area contributed by atoms with Crippen LogP contribution in [0.3, 0.4) is 0 Å². The number of nitrogens with zero attached hydrogens (tertiary/aromatic N) is 1. The summed E-state index contributed by atoms with van der Waals surface area (Å²) >= 11 is 0. The molecular weight excluding hydrogens is 412 g/mol. The number of sulfonamides is 1. The minimum absolute atomic E-state index is 0.00341. The number of methoxy groups -OCH3 is 2. The Bertz CT molecular complexity index is 1050. The van der Waals surface area contributed by atoms with Crippen molar-refractivity contribution < 1.29 is 32.3 Å². The van der Waals surface area contributed by atoms with Crippen LogP contribution in [0.2, 0.25) is 0 Å². The summed E-state index contributed by atoms with van der Waals surface area (Å²) < 4.78 is 35.0. The largest absolute Gasteiger partial charge is 0.465 e. The molecule has 1 amide bonds. The molecule has 0 bridgehead atoms. The molecule has 1 atom stereocenters. The Kier molecular flexibility index (Phi) is 7.17. The van der Waals surface area contributed by atoms with Gasteiger partial charge in [0.1, 0.15) is 6.04 Å². The number of ether oxygens (including phenoxy) is 2. The lowest BCUT2D eigenvalue weighted by Crippen LogP contribution is -2.45. The number of para-hydroxylation sites is 1. The fourth-order valence-electron chi connectivity index (χ4n) is 2.80. The van der Waals surface area contributed by atoms with E-state index in [1.165, 1.54) is 39.3 Å². The van der Waals surface area contributed by atoms with Gasteiger partial charge in [0.05, 0.1) is 43.0 Å². The molecule has 160 valence electrons. The topological polar surface area (TPSA) is 119 Å². The second-order valence-electron chi connectivity index (χ2n) is 6.30. The van der Waals surface area contributed by atoms with Crippen LogP contribution in [0, 0.1) is 0 Å². The third kappa shape index (κ3) is 5.15. The van der Waals surface area contributed by atoms with Gasteiger partial charge in [-0.3, -0.25) is 9.10 Å². The van der Waals surface area contributed by atoms with E-state index in [2.05, 4.69) is 10.1 Å². The van der Waals surface area contributed by atoms with Crippen molar-refractivity contribution in [2.24, 2.45) is 0 Å². The van der Waals surface area contributed by atoms with Gasteiger partial charge in [-0.1, -0.05) is 18.2 Å². The Morgan fingerprint density at radius 3 is 2.10 bits per heavy atom. The quantitative estimate of drug-likeness (QED) is 0.663. The molecule has 1 N–H and O–H groups in total. The van der Waals surface area contributed by atoms with Gasteiger partial charge in [0.2, 0.25) is 15.9 Å². The number of benzene rings is 2. The third-order valence-electron chi connectivity index (χ3n) is 4.20. The molecular formula is C20H22N2O7S. The summed E-state index contributed by atoms with van der Waals surface area (Å²) in [7, 11) is -1.44. The minimum atomic E-state index is -3.80. The molecule has 2 aromatic carbocycles. The maximum Gasteiger partial charge on any atom is 0.339 e. The normalized spacial score (nSPS) is 11.9. The molecule has 0 aliphatic carbocycles. The number of nitrogens with one attached hydrogen (secondary N) is 1. The van der Waals surface area contributed by atoms with Crippen LogP contribution < -0.4 is 9.62 Å². The van der Waals surface area contributed by atoms with Gasteiger partial charge >= 0.3 is 11.9 Å². The highest BCUT2D eigenvalue weighted by Crippen LogP contribution is 2.23. The Labute approximate surface area is 174 Å². The van der Waals surface area contributed by atoms with Crippen molar-refractivity contribution in [3.8, 4) is 0 Å². The maximum absolute atomic E-state index is 12.9. The van der Waals surface area contributed by atoms with Gasteiger partial charge in [-0.25, -0.2) is 18.0 Å². The van der Waals surface area contributed by atoms with Crippen molar-refractivity contribution in [1.82, 2.24) is 0 Å². The van der Waals surface area contributed by atoms with Gasteiger partial charge in [0.25, 0.3) is 0 Å². The van der Waals surface area contributed by atoms with Crippen molar-refractivity contribution in [1.29, 1.82) is 0 Å². The SMILES string of the molecule is COC(=O)c1ccc(C(=O)OC)c(NC(=O)[C@H](C)N(c2ccccc2)S(C)(=O)=O)c1. The van der Waals surface area contributed by atoms with Crippen LogP contribution in [0.5, 0.6) is 0 Å². The first-order chi connectivity index (χ1) is 14.1. The average molecular weight is 434 g/mol. The zero-order valence-electron chi connectivity index (χ0n) is 16.9. The van der Waals surface area contributed by atoms with Crippen molar-refractivity contribution in [2.45, 2.75) is 13.0 Å². The molecule has 9 nitrogen and oxygen atoms in total. The van der Waals surface area contributed by atoms with E-state index in [1.54, 1.807) is 30.3 Å². The number of hydrogen-bond donors (Lipinski definition) is 1. The molecule has 10 heteroatoms. The summed E-state index contributed by atoms with van der Waals surface area (Å²) in [6.07, 6.45) is 0.988. The lowest BCUT2D eigenvalue weighted by atomic mass is 10.1. The van der Waals surface area contributed by atoms with Crippen LogP contribution in [0.1, 0.15) is 27.6 Å². The van der Waals surface area contributed by atoms with E-state index < -0.39 is 33.9 Å². The molecule has 2 aromatic rings. The number of carbonyl (C=O) groups is 3. The highest BCUT2D eigenvalue weighted by Gasteiger charge is 2.30. The molecule has 0 radical (unpaired) electrons.